The molecule has 0 aromatic heterocycles. The third-order valence-corrected chi connectivity index (χ3v) is 4.33. The monoisotopic (exact) mass is 421 g/mol. The van der Waals surface area contributed by atoms with Crippen molar-refractivity contribution in [2.24, 2.45) is 5.10 Å². The summed E-state index contributed by atoms with van der Waals surface area (Å²) in [5.41, 5.74) is 4.70. The van der Waals surface area contributed by atoms with Gasteiger partial charge in [-0.3, -0.25) is 9.59 Å². The number of benzene rings is 2. The molecule has 7 heteroatoms. The second-order valence-electron chi connectivity index (χ2n) is 5.31. The quantitative estimate of drug-likeness (QED) is 0.539. The van der Waals surface area contributed by atoms with Gasteiger partial charge in [-0.1, -0.05) is 45.7 Å². The number of hydrazone groups is 1. The van der Waals surface area contributed by atoms with Gasteiger partial charge in [0.15, 0.2) is 0 Å². The first-order valence-corrected chi connectivity index (χ1v) is 8.75. The minimum Gasteiger partial charge on any atom is -0.326 e. The van der Waals surface area contributed by atoms with Gasteiger partial charge in [-0.2, -0.15) is 5.10 Å². The number of hydrogen-bond acceptors (Lipinski definition) is 3. The molecule has 0 radical (unpaired) electrons. The zero-order valence-electron chi connectivity index (χ0n) is 13.6. The Labute approximate surface area is 159 Å². The molecule has 0 aliphatic rings. The van der Waals surface area contributed by atoms with Crippen molar-refractivity contribution in [1.29, 1.82) is 0 Å². The van der Waals surface area contributed by atoms with E-state index in [0.29, 0.717) is 10.7 Å². The zero-order valence-corrected chi connectivity index (χ0v) is 15.9. The molecule has 2 rings (SSSR count). The summed E-state index contributed by atoms with van der Waals surface area (Å²) in [6.07, 6.45) is 1.65. The first-order valence-electron chi connectivity index (χ1n) is 7.58. The summed E-state index contributed by atoms with van der Waals surface area (Å²) in [6.45, 7) is 1.82. The number of anilines is 1. The van der Waals surface area contributed by atoms with Crippen LogP contribution in [0.5, 0.6) is 0 Å². The standard InChI is InChI=1S/C18H17BrClN3O2/c1-12-15(20)3-2-4-16(12)22-17(24)9-10-18(25)23-21-11-13-5-7-14(19)8-6-13/h2-8,11H,9-10H2,1H3,(H,22,24)(H,23,25)/b21-11-. The van der Waals surface area contributed by atoms with Gasteiger partial charge in [0.05, 0.1) is 6.21 Å². The summed E-state index contributed by atoms with van der Waals surface area (Å²) in [7, 11) is 0. The van der Waals surface area contributed by atoms with Crippen LogP contribution in [-0.4, -0.2) is 18.0 Å². The molecule has 0 saturated carbocycles. The number of halogens is 2. The van der Waals surface area contributed by atoms with Gasteiger partial charge in [-0.15, -0.1) is 0 Å². The fourth-order valence-electron chi connectivity index (χ4n) is 1.97. The Morgan fingerprint density at radius 2 is 1.80 bits per heavy atom. The molecule has 0 aliphatic carbocycles. The van der Waals surface area contributed by atoms with Crippen LogP contribution in [0.4, 0.5) is 5.69 Å². The van der Waals surface area contributed by atoms with E-state index in [-0.39, 0.29) is 24.7 Å². The number of amides is 2. The summed E-state index contributed by atoms with van der Waals surface area (Å²) in [4.78, 5) is 23.7. The van der Waals surface area contributed by atoms with Crippen LogP contribution >= 0.6 is 27.5 Å². The van der Waals surface area contributed by atoms with Crippen LogP contribution in [0.15, 0.2) is 52.0 Å². The van der Waals surface area contributed by atoms with Gasteiger partial charge in [0.1, 0.15) is 0 Å². The van der Waals surface area contributed by atoms with Crippen LogP contribution in [0.1, 0.15) is 24.0 Å². The summed E-state index contributed by atoms with van der Waals surface area (Å²) in [5, 5.41) is 7.20. The molecule has 5 nitrogen and oxygen atoms in total. The molecular formula is C18H17BrClN3O2. The maximum absolute atomic E-state index is 11.9. The molecule has 0 atom stereocenters. The molecule has 0 unspecified atom stereocenters. The molecule has 2 aromatic rings. The topological polar surface area (TPSA) is 70.6 Å². The molecule has 2 amide bonds. The van der Waals surface area contributed by atoms with Gasteiger partial charge in [-0.05, 0) is 42.3 Å². The summed E-state index contributed by atoms with van der Waals surface area (Å²) < 4.78 is 0.967. The van der Waals surface area contributed by atoms with Gasteiger partial charge in [0, 0.05) is 28.0 Å². The fourth-order valence-corrected chi connectivity index (χ4v) is 2.41. The number of carbonyl (C=O) groups is 2. The Hall–Kier alpha value is -2.18. The number of hydrogen-bond donors (Lipinski definition) is 2. The third kappa shape index (κ3) is 6.32. The number of carbonyl (C=O) groups excluding carboxylic acids is 2. The average molecular weight is 423 g/mol. The molecule has 0 heterocycles. The highest BCUT2D eigenvalue weighted by atomic mass is 79.9. The van der Waals surface area contributed by atoms with Crippen molar-refractivity contribution in [3.63, 3.8) is 0 Å². The molecule has 0 fully saturated rings. The molecular weight excluding hydrogens is 406 g/mol. The molecule has 130 valence electrons. The van der Waals surface area contributed by atoms with E-state index in [9.17, 15) is 9.59 Å². The predicted molar refractivity (Wildman–Crippen MR) is 104 cm³/mol. The van der Waals surface area contributed by atoms with Crippen molar-refractivity contribution in [2.75, 3.05) is 5.32 Å². The highest BCUT2D eigenvalue weighted by Gasteiger charge is 2.09. The Morgan fingerprint density at radius 3 is 2.52 bits per heavy atom. The Balaban J connectivity index is 1.76. The van der Waals surface area contributed by atoms with E-state index < -0.39 is 0 Å². The predicted octanol–water partition coefficient (Wildman–Crippen LogP) is 4.28. The zero-order chi connectivity index (χ0) is 18.2. The van der Waals surface area contributed by atoms with E-state index >= 15 is 0 Å². The van der Waals surface area contributed by atoms with E-state index in [0.717, 1.165) is 15.6 Å². The van der Waals surface area contributed by atoms with Crippen LogP contribution in [-0.2, 0) is 9.59 Å². The summed E-state index contributed by atoms with van der Waals surface area (Å²) >= 11 is 9.35. The van der Waals surface area contributed by atoms with Crippen LogP contribution in [0.3, 0.4) is 0 Å². The fraction of sp³-hybridized carbons (Fsp3) is 0.167. The minimum atomic E-state index is -0.327. The molecule has 25 heavy (non-hydrogen) atoms. The molecule has 2 N–H and O–H groups in total. The summed E-state index contributed by atoms with van der Waals surface area (Å²) in [6, 6.07) is 12.8. The van der Waals surface area contributed by atoms with E-state index in [4.69, 9.17) is 11.6 Å². The van der Waals surface area contributed by atoms with Crippen molar-refractivity contribution in [3.8, 4) is 0 Å². The van der Waals surface area contributed by atoms with Crippen molar-refractivity contribution >= 4 is 51.2 Å². The highest BCUT2D eigenvalue weighted by Crippen LogP contribution is 2.23. The number of rotatable bonds is 6. The summed E-state index contributed by atoms with van der Waals surface area (Å²) in [5.74, 6) is -0.580. The van der Waals surface area contributed by atoms with Crippen molar-refractivity contribution in [2.45, 2.75) is 19.8 Å². The minimum absolute atomic E-state index is 0.0448. The van der Waals surface area contributed by atoms with E-state index in [1.165, 1.54) is 0 Å². The van der Waals surface area contributed by atoms with Crippen molar-refractivity contribution < 1.29 is 9.59 Å². The van der Waals surface area contributed by atoms with Gasteiger partial charge in [-0.25, -0.2) is 5.43 Å². The lowest BCUT2D eigenvalue weighted by Crippen LogP contribution is -2.20. The van der Waals surface area contributed by atoms with Gasteiger partial charge < -0.3 is 5.32 Å². The normalized spacial score (nSPS) is 10.7. The highest BCUT2D eigenvalue weighted by molar-refractivity contribution is 9.10. The van der Waals surface area contributed by atoms with Crippen LogP contribution in [0.25, 0.3) is 0 Å². The second-order valence-corrected chi connectivity index (χ2v) is 6.63. The lowest BCUT2D eigenvalue weighted by Gasteiger charge is -2.09. The van der Waals surface area contributed by atoms with Crippen LogP contribution in [0.2, 0.25) is 5.02 Å². The van der Waals surface area contributed by atoms with Crippen molar-refractivity contribution in [1.82, 2.24) is 5.43 Å². The molecule has 0 spiro atoms. The number of nitrogens with zero attached hydrogens (tertiary/aromatic N) is 1. The maximum atomic E-state index is 11.9. The Bertz CT molecular complexity index is 791. The first-order chi connectivity index (χ1) is 12.0. The second kappa shape index (κ2) is 9.34. The Morgan fingerprint density at radius 1 is 1.12 bits per heavy atom. The third-order valence-electron chi connectivity index (χ3n) is 3.39. The lowest BCUT2D eigenvalue weighted by atomic mass is 10.2. The van der Waals surface area contributed by atoms with Crippen LogP contribution in [0, 0.1) is 6.92 Å². The first kappa shape index (κ1) is 19.1. The van der Waals surface area contributed by atoms with Gasteiger partial charge in [0.25, 0.3) is 0 Å². The maximum Gasteiger partial charge on any atom is 0.240 e. The average Bonchev–Trinajstić information content (AvgIpc) is 2.59. The van der Waals surface area contributed by atoms with E-state index in [2.05, 4.69) is 31.8 Å². The lowest BCUT2D eigenvalue weighted by molar-refractivity contribution is -0.124. The van der Waals surface area contributed by atoms with E-state index in [1.807, 2.05) is 31.2 Å². The largest absolute Gasteiger partial charge is 0.326 e. The van der Waals surface area contributed by atoms with Crippen molar-refractivity contribution in [3.05, 3.63) is 63.1 Å². The number of nitrogens with one attached hydrogen (secondary N) is 2. The van der Waals surface area contributed by atoms with Gasteiger partial charge in [0.2, 0.25) is 11.8 Å². The SMILES string of the molecule is Cc1c(Cl)cccc1NC(=O)CCC(=O)N/N=C\c1ccc(Br)cc1. The smallest absolute Gasteiger partial charge is 0.240 e. The Kier molecular flexibility index (Phi) is 7.16. The molecule has 0 bridgehead atoms. The van der Waals surface area contributed by atoms with Crippen LogP contribution < -0.4 is 10.7 Å². The van der Waals surface area contributed by atoms with E-state index in [1.54, 1.807) is 24.4 Å². The van der Waals surface area contributed by atoms with Gasteiger partial charge >= 0.3 is 0 Å². The molecule has 2 aromatic carbocycles. The molecule has 0 saturated heterocycles. The molecule has 0 aliphatic heterocycles.